The van der Waals surface area contributed by atoms with Crippen LogP contribution in [0.5, 0.6) is 0 Å². The van der Waals surface area contributed by atoms with E-state index in [0.29, 0.717) is 6.54 Å². The number of hydrogen-bond donors (Lipinski definition) is 0. The minimum absolute atomic E-state index is 0.0255. The second-order valence-electron chi connectivity index (χ2n) is 6.74. The molecule has 0 saturated carbocycles. The lowest BCUT2D eigenvalue weighted by atomic mass is 10.1. The summed E-state index contributed by atoms with van der Waals surface area (Å²) in [6.45, 7) is 2.67. The van der Waals surface area contributed by atoms with Gasteiger partial charge in [0.05, 0.1) is 6.54 Å². The van der Waals surface area contributed by atoms with Crippen molar-refractivity contribution in [2.75, 3.05) is 9.80 Å². The van der Waals surface area contributed by atoms with Crippen molar-refractivity contribution in [1.82, 2.24) is 0 Å². The number of amides is 2. The minimum atomic E-state index is 0.0255. The monoisotopic (exact) mass is 342 g/mol. The van der Waals surface area contributed by atoms with E-state index in [1.54, 1.807) is 0 Å². The average Bonchev–Trinajstić information content (AvgIpc) is 3.03. The predicted molar refractivity (Wildman–Crippen MR) is 107 cm³/mol. The Morgan fingerprint density at radius 1 is 0.923 bits per heavy atom. The highest BCUT2D eigenvalue weighted by atomic mass is 16.2. The van der Waals surface area contributed by atoms with E-state index >= 15 is 0 Å². The number of urea groups is 1. The molecule has 3 heteroatoms. The first-order valence-corrected chi connectivity index (χ1v) is 9.01. The van der Waals surface area contributed by atoms with Gasteiger partial charge in [0.25, 0.3) is 0 Å². The van der Waals surface area contributed by atoms with Crippen LogP contribution >= 0.6 is 0 Å². The quantitative estimate of drug-likeness (QED) is 0.636. The van der Waals surface area contributed by atoms with Gasteiger partial charge in [-0.05, 0) is 42.7 Å². The van der Waals surface area contributed by atoms with Crippen LogP contribution < -0.4 is 9.80 Å². The van der Waals surface area contributed by atoms with Crippen LogP contribution in [0.3, 0.4) is 0 Å². The molecule has 0 aliphatic carbocycles. The molecule has 130 valence electrons. The van der Waals surface area contributed by atoms with Gasteiger partial charge >= 0.3 is 6.03 Å². The lowest BCUT2D eigenvalue weighted by Crippen LogP contribution is -2.45. The summed E-state index contributed by atoms with van der Waals surface area (Å²) < 4.78 is 0. The van der Waals surface area contributed by atoms with Crippen molar-refractivity contribution in [1.29, 1.82) is 0 Å². The lowest BCUT2D eigenvalue weighted by Gasteiger charge is -2.31. The third kappa shape index (κ3) is 3.08. The molecular formula is C23H22N2O. The number of rotatable bonds is 3. The van der Waals surface area contributed by atoms with E-state index in [4.69, 9.17) is 0 Å². The second kappa shape index (κ2) is 7.04. The van der Waals surface area contributed by atoms with Gasteiger partial charge < -0.3 is 0 Å². The molecule has 1 unspecified atom stereocenters. The maximum absolute atomic E-state index is 13.6. The van der Waals surface area contributed by atoms with Crippen molar-refractivity contribution in [3.8, 4) is 0 Å². The van der Waals surface area contributed by atoms with E-state index in [-0.39, 0.29) is 12.1 Å². The van der Waals surface area contributed by atoms with E-state index in [2.05, 4.69) is 25.1 Å². The number of para-hydroxylation sites is 2. The number of carbonyl (C=O) groups excluding carboxylic acids is 1. The molecule has 2 amide bonds. The molecular weight excluding hydrogens is 320 g/mol. The van der Waals surface area contributed by atoms with Crippen molar-refractivity contribution in [3.63, 3.8) is 0 Å². The Morgan fingerprint density at radius 3 is 2.27 bits per heavy atom. The number of fused-ring (bicyclic) bond motifs is 1. The fourth-order valence-corrected chi connectivity index (χ4v) is 3.63. The molecule has 1 aliphatic rings. The highest BCUT2D eigenvalue weighted by Crippen LogP contribution is 2.34. The SMILES string of the molecule is CC1Cc2ccccc2N1C(=O)N(Cc1ccccc1)c1ccccc1. The summed E-state index contributed by atoms with van der Waals surface area (Å²) in [6, 6.07) is 28.4. The average molecular weight is 342 g/mol. The Balaban J connectivity index is 1.71. The summed E-state index contributed by atoms with van der Waals surface area (Å²) in [5.74, 6) is 0. The van der Waals surface area contributed by atoms with Gasteiger partial charge in [0, 0.05) is 17.4 Å². The normalized spacial score (nSPS) is 15.6. The topological polar surface area (TPSA) is 23.6 Å². The standard InChI is InChI=1S/C23H22N2O/c1-18-16-20-12-8-9-15-22(20)25(18)23(26)24(21-13-6-3-7-14-21)17-19-10-4-2-5-11-19/h2-15,18H,16-17H2,1H3. The van der Waals surface area contributed by atoms with Crippen molar-refractivity contribution in [2.24, 2.45) is 0 Å². The number of carbonyl (C=O) groups is 1. The zero-order valence-electron chi connectivity index (χ0n) is 14.9. The molecule has 1 heterocycles. The summed E-state index contributed by atoms with van der Waals surface area (Å²) in [5.41, 5.74) is 4.29. The molecule has 0 radical (unpaired) electrons. The van der Waals surface area contributed by atoms with Gasteiger partial charge in [0.1, 0.15) is 0 Å². The van der Waals surface area contributed by atoms with Crippen LogP contribution in [0.25, 0.3) is 0 Å². The van der Waals surface area contributed by atoms with E-state index in [1.165, 1.54) is 5.56 Å². The molecule has 0 saturated heterocycles. The lowest BCUT2D eigenvalue weighted by molar-refractivity contribution is 0.250. The van der Waals surface area contributed by atoms with Crippen LogP contribution in [0.1, 0.15) is 18.1 Å². The smallest absolute Gasteiger partial charge is 0.291 e. The summed E-state index contributed by atoms with van der Waals surface area (Å²) in [6.07, 6.45) is 0.899. The number of nitrogens with zero attached hydrogens (tertiary/aromatic N) is 2. The van der Waals surface area contributed by atoms with Gasteiger partial charge in [-0.3, -0.25) is 9.80 Å². The number of hydrogen-bond acceptors (Lipinski definition) is 1. The zero-order valence-corrected chi connectivity index (χ0v) is 14.9. The molecule has 0 fully saturated rings. The summed E-state index contributed by atoms with van der Waals surface area (Å²) in [5, 5.41) is 0. The Hall–Kier alpha value is -3.07. The Labute approximate surface area is 154 Å². The molecule has 0 N–H and O–H groups in total. The first-order valence-electron chi connectivity index (χ1n) is 9.01. The first-order chi connectivity index (χ1) is 12.7. The Kier molecular flexibility index (Phi) is 4.44. The van der Waals surface area contributed by atoms with Crippen LogP contribution in [0.15, 0.2) is 84.9 Å². The highest BCUT2D eigenvalue weighted by Gasteiger charge is 2.33. The molecule has 26 heavy (non-hydrogen) atoms. The predicted octanol–water partition coefficient (Wildman–Crippen LogP) is 5.26. The second-order valence-corrected chi connectivity index (χ2v) is 6.74. The molecule has 3 aromatic rings. The van der Waals surface area contributed by atoms with Crippen molar-refractivity contribution >= 4 is 17.4 Å². The number of anilines is 2. The molecule has 0 aromatic heterocycles. The third-order valence-corrected chi connectivity index (χ3v) is 4.90. The maximum atomic E-state index is 13.6. The van der Waals surface area contributed by atoms with Crippen LogP contribution in [-0.4, -0.2) is 12.1 Å². The van der Waals surface area contributed by atoms with Gasteiger partial charge in [-0.1, -0.05) is 66.7 Å². The van der Waals surface area contributed by atoms with E-state index in [9.17, 15) is 4.79 Å². The van der Waals surface area contributed by atoms with Gasteiger partial charge in [-0.25, -0.2) is 4.79 Å². The highest BCUT2D eigenvalue weighted by molar-refractivity contribution is 6.05. The van der Waals surface area contributed by atoms with Gasteiger partial charge in [-0.2, -0.15) is 0 Å². The van der Waals surface area contributed by atoms with Crippen LogP contribution in [0, 0.1) is 0 Å². The summed E-state index contributed by atoms with van der Waals surface area (Å²) in [7, 11) is 0. The minimum Gasteiger partial charge on any atom is -0.291 e. The van der Waals surface area contributed by atoms with Gasteiger partial charge in [-0.15, -0.1) is 0 Å². The molecule has 3 aromatic carbocycles. The van der Waals surface area contributed by atoms with E-state index in [0.717, 1.165) is 23.4 Å². The molecule has 1 aliphatic heterocycles. The van der Waals surface area contributed by atoms with Crippen LogP contribution in [0.4, 0.5) is 16.2 Å². The molecule has 0 bridgehead atoms. The molecule has 4 rings (SSSR count). The maximum Gasteiger partial charge on any atom is 0.329 e. The van der Waals surface area contributed by atoms with Crippen molar-refractivity contribution in [3.05, 3.63) is 96.1 Å². The molecule has 1 atom stereocenters. The first kappa shape index (κ1) is 16.4. The van der Waals surface area contributed by atoms with Crippen molar-refractivity contribution in [2.45, 2.75) is 25.9 Å². The zero-order chi connectivity index (χ0) is 17.9. The summed E-state index contributed by atoms with van der Waals surface area (Å²) in [4.78, 5) is 17.4. The van der Waals surface area contributed by atoms with Gasteiger partial charge in [0.2, 0.25) is 0 Å². The Morgan fingerprint density at radius 2 is 1.54 bits per heavy atom. The van der Waals surface area contributed by atoms with Gasteiger partial charge in [0.15, 0.2) is 0 Å². The summed E-state index contributed by atoms with van der Waals surface area (Å²) >= 11 is 0. The fraction of sp³-hybridized carbons (Fsp3) is 0.174. The van der Waals surface area contributed by atoms with Crippen molar-refractivity contribution < 1.29 is 4.79 Å². The largest absolute Gasteiger partial charge is 0.329 e. The van der Waals surface area contributed by atoms with Crippen LogP contribution in [-0.2, 0) is 13.0 Å². The van der Waals surface area contributed by atoms with E-state index < -0.39 is 0 Å². The molecule has 0 spiro atoms. The van der Waals surface area contributed by atoms with Crippen LogP contribution in [0.2, 0.25) is 0 Å². The van der Waals surface area contributed by atoms with E-state index in [1.807, 2.05) is 76.5 Å². The Bertz CT molecular complexity index is 892. The third-order valence-electron chi connectivity index (χ3n) is 4.90. The number of benzene rings is 3. The fourth-order valence-electron chi connectivity index (χ4n) is 3.63. The molecule has 3 nitrogen and oxygen atoms in total.